The van der Waals surface area contributed by atoms with Gasteiger partial charge in [-0.25, -0.2) is 0 Å². The minimum atomic E-state index is 0.666. The molecule has 0 fully saturated rings. The molecule has 3 heteroatoms. The van der Waals surface area contributed by atoms with Gasteiger partial charge in [0.25, 0.3) is 0 Å². The van der Waals surface area contributed by atoms with Crippen molar-refractivity contribution in [3.05, 3.63) is 63.1 Å². The molecule has 0 heterocycles. The third-order valence-corrected chi connectivity index (χ3v) is 3.10. The maximum atomic E-state index is 5.97. The first-order chi connectivity index (χ1) is 8.04. The fraction of sp³-hybridized carbons (Fsp3) is 0.143. The summed E-state index contributed by atoms with van der Waals surface area (Å²) in [5.41, 5.74) is 10.0. The van der Waals surface area contributed by atoms with Crippen molar-refractivity contribution in [1.29, 1.82) is 0 Å². The lowest BCUT2D eigenvalue weighted by molar-refractivity contribution is 1.18. The maximum absolute atomic E-state index is 5.97. The Bertz CT molecular complexity index is 530. The highest BCUT2D eigenvalue weighted by atomic mass is 35.5. The van der Waals surface area contributed by atoms with Crippen LogP contribution in [-0.2, 0) is 6.42 Å². The third kappa shape index (κ3) is 3.15. The van der Waals surface area contributed by atoms with E-state index in [1.54, 1.807) is 6.07 Å². The van der Waals surface area contributed by atoms with Gasteiger partial charge in [0.05, 0.1) is 0 Å². The molecule has 2 N–H and O–H groups in total. The number of aryl methyl sites for hydroxylation is 1. The first kappa shape index (κ1) is 12.3. The Kier molecular flexibility index (Phi) is 3.60. The molecule has 88 valence electrons. The Morgan fingerprint density at radius 3 is 2.18 bits per heavy atom. The molecule has 0 radical (unpaired) electrons. The van der Waals surface area contributed by atoms with Crippen LogP contribution in [0.4, 0.5) is 5.69 Å². The lowest BCUT2D eigenvalue weighted by Gasteiger charge is -2.06. The number of hydrogen-bond donors (Lipinski definition) is 1. The molecule has 0 spiro atoms. The van der Waals surface area contributed by atoms with Crippen molar-refractivity contribution in [2.45, 2.75) is 13.3 Å². The molecule has 0 aromatic heterocycles. The van der Waals surface area contributed by atoms with Crippen LogP contribution in [0.5, 0.6) is 0 Å². The van der Waals surface area contributed by atoms with E-state index < -0.39 is 0 Å². The van der Waals surface area contributed by atoms with Crippen LogP contribution in [0.1, 0.15) is 16.7 Å². The summed E-state index contributed by atoms with van der Waals surface area (Å²) < 4.78 is 0. The summed E-state index contributed by atoms with van der Waals surface area (Å²) in [6.45, 7) is 2.00. The van der Waals surface area contributed by atoms with Crippen molar-refractivity contribution < 1.29 is 0 Å². The molecule has 2 aromatic rings. The van der Waals surface area contributed by atoms with Gasteiger partial charge in [-0.15, -0.1) is 0 Å². The zero-order chi connectivity index (χ0) is 12.4. The number of halogens is 2. The number of nitrogens with two attached hydrogens (primary N) is 1. The van der Waals surface area contributed by atoms with Gasteiger partial charge in [-0.05, 0) is 54.3 Å². The minimum absolute atomic E-state index is 0.666. The summed E-state index contributed by atoms with van der Waals surface area (Å²) >= 11 is 11.9. The van der Waals surface area contributed by atoms with Crippen molar-refractivity contribution in [3.63, 3.8) is 0 Å². The van der Waals surface area contributed by atoms with E-state index >= 15 is 0 Å². The molecule has 2 rings (SSSR count). The Morgan fingerprint density at radius 1 is 0.941 bits per heavy atom. The summed E-state index contributed by atoms with van der Waals surface area (Å²) in [4.78, 5) is 0. The predicted molar refractivity (Wildman–Crippen MR) is 74.9 cm³/mol. The molecule has 0 unspecified atom stereocenters. The van der Waals surface area contributed by atoms with Crippen molar-refractivity contribution in [2.24, 2.45) is 0 Å². The monoisotopic (exact) mass is 265 g/mol. The Labute approximate surface area is 111 Å². The molecule has 0 atom stereocenters. The van der Waals surface area contributed by atoms with Crippen molar-refractivity contribution in [3.8, 4) is 0 Å². The fourth-order valence-corrected chi connectivity index (χ4v) is 2.37. The smallest absolute Gasteiger partial charge is 0.0423 e. The van der Waals surface area contributed by atoms with E-state index in [4.69, 9.17) is 28.9 Å². The zero-order valence-corrected chi connectivity index (χ0v) is 11.0. The van der Waals surface area contributed by atoms with Crippen molar-refractivity contribution >= 4 is 28.9 Å². The minimum Gasteiger partial charge on any atom is -0.399 e. The highest BCUT2D eigenvalue weighted by Gasteiger charge is 2.02. The molecule has 17 heavy (non-hydrogen) atoms. The number of nitrogen functional groups attached to an aromatic ring is 1. The number of hydrogen-bond acceptors (Lipinski definition) is 1. The molecule has 0 aliphatic carbocycles. The molecular weight excluding hydrogens is 253 g/mol. The summed E-state index contributed by atoms with van der Waals surface area (Å²) in [5.74, 6) is 0. The molecule has 2 aromatic carbocycles. The normalized spacial score (nSPS) is 10.5. The van der Waals surface area contributed by atoms with Gasteiger partial charge in [0.1, 0.15) is 0 Å². The Hall–Kier alpha value is -1.18. The van der Waals surface area contributed by atoms with E-state index in [-0.39, 0.29) is 0 Å². The highest BCUT2D eigenvalue weighted by molar-refractivity contribution is 6.34. The van der Waals surface area contributed by atoms with Crippen LogP contribution >= 0.6 is 23.2 Å². The quantitative estimate of drug-likeness (QED) is 0.797. The number of benzene rings is 2. The average molecular weight is 266 g/mol. The number of rotatable bonds is 2. The Morgan fingerprint density at radius 2 is 1.59 bits per heavy atom. The molecule has 0 saturated carbocycles. The van der Waals surface area contributed by atoms with Crippen LogP contribution < -0.4 is 5.73 Å². The van der Waals surface area contributed by atoms with Crippen LogP contribution in [0.2, 0.25) is 10.0 Å². The second-order valence-corrected chi connectivity index (χ2v) is 5.02. The average Bonchev–Trinajstić information content (AvgIpc) is 2.22. The molecule has 0 amide bonds. The first-order valence-electron chi connectivity index (χ1n) is 5.34. The molecule has 0 bridgehead atoms. The fourth-order valence-electron chi connectivity index (χ4n) is 1.80. The Balaban J connectivity index is 2.28. The summed E-state index contributed by atoms with van der Waals surface area (Å²) in [5, 5.41) is 1.33. The number of anilines is 1. The van der Waals surface area contributed by atoms with E-state index in [2.05, 4.69) is 6.07 Å². The second kappa shape index (κ2) is 4.99. The largest absolute Gasteiger partial charge is 0.399 e. The van der Waals surface area contributed by atoms with Crippen molar-refractivity contribution in [1.82, 2.24) is 0 Å². The van der Waals surface area contributed by atoms with Gasteiger partial charge >= 0.3 is 0 Å². The van der Waals surface area contributed by atoms with Crippen LogP contribution in [0.3, 0.4) is 0 Å². The van der Waals surface area contributed by atoms with E-state index in [1.165, 1.54) is 5.56 Å². The van der Waals surface area contributed by atoms with Crippen LogP contribution in [0.25, 0.3) is 0 Å². The topological polar surface area (TPSA) is 26.0 Å². The van der Waals surface area contributed by atoms with Gasteiger partial charge in [-0.2, -0.15) is 0 Å². The molecular formula is C14H13Cl2N. The van der Waals surface area contributed by atoms with Gasteiger partial charge in [0.2, 0.25) is 0 Å². The van der Waals surface area contributed by atoms with Gasteiger partial charge < -0.3 is 5.73 Å². The summed E-state index contributed by atoms with van der Waals surface area (Å²) in [6.07, 6.45) is 0.807. The van der Waals surface area contributed by atoms with E-state index in [9.17, 15) is 0 Å². The third-order valence-electron chi connectivity index (χ3n) is 2.66. The maximum Gasteiger partial charge on any atom is 0.0423 e. The van der Waals surface area contributed by atoms with Gasteiger partial charge in [-0.1, -0.05) is 35.3 Å². The zero-order valence-electron chi connectivity index (χ0n) is 9.50. The SMILES string of the molecule is Cc1cc(Cc2cc(Cl)cc(Cl)c2)ccc1N. The molecule has 0 aliphatic heterocycles. The van der Waals surface area contributed by atoms with E-state index in [0.29, 0.717) is 10.0 Å². The van der Waals surface area contributed by atoms with E-state index in [0.717, 1.165) is 23.2 Å². The van der Waals surface area contributed by atoms with Gasteiger partial charge in [-0.3, -0.25) is 0 Å². The summed E-state index contributed by atoms with van der Waals surface area (Å²) in [6, 6.07) is 11.6. The highest BCUT2D eigenvalue weighted by Crippen LogP contribution is 2.22. The molecule has 1 nitrogen and oxygen atoms in total. The first-order valence-corrected chi connectivity index (χ1v) is 6.10. The summed E-state index contributed by atoms with van der Waals surface area (Å²) in [7, 11) is 0. The second-order valence-electron chi connectivity index (χ2n) is 4.15. The van der Waals surface area contributed by atoms with E-state index in [1.807, 2.05) is 31.2 Å². The van der Waals surface area contributed by atoms with Gasteiger partial charge in [0, 0.05) is 15.7 Å². The lowest BCUT2D eigenvalue weighted by Crippen LogP contribution is -1.93. The van der Waals surface area contributed by atoms with Crippen LogP contribution in [-0.4, -0.2) is 0 Å². The standard InChI is InChI=1S/C14H13Cl2N/c1-9-4-10(2-3-14(9)17)5-11-6-12(15)8-13(16)7-11/h2-4,6-8H,5,17H2,1H3. The van der Waals surface area contributed by atoms with Crippen molar-refractivity contribution in [2.75, 3.05) is 5.73 Å². The van der Waals surface area contributed by atoms with Gasteiger partial charge in [0.15, 0.2) is 0 Å². The predicted octanol–water partition coefficient (Wildman–Crippen LogP) is 4.47. The molecule has 0 aliphatic rings. The van der Waals surface area contributed by atoms with Crippen LogP contribution in [0, 0.1) is 6.92 Å². The molecule has 0 saturated heterocycles. The van der Waals surface area contributed by atoms with Crippen LogP contribution in [0.15, 0.2) is 36.4 Å². The lowest BCUT2D eigenvalue weighted by atomic mass is 10.0.